The highest BCUT2D eigenvalue weighted by atomic mass is 19.4. The SMILES string of the molecule is CCc1c(C)c2c3c(C(F)(F)F)cc(=O)[nH]c3ccc2n1CCCCCCCCCN(CO)C1CCCC1. The van der Waals surface area contributed by atoms with Crippen LogP contribution in [0.15, 0.2) is 23.0 Å². The van der Waals surface area contributed by atoms with Crippen LogP contribution in [-0.4, -0.2) is 38.9 Å². The minimum atomic E-state index is -4.60. The summed E-state index contributed by atoms with van der Waals surface area (Å²) in [6, 6.07) is 4.71. The first-order chi connectivity index (χ1) is 18.3. The average Bonchev–Trinajstić information content (AvgIpc) is 3.50. The number of fused-ring (bicyclic) bond motifs is 3. The van der Waals surface area contributed by atoms with Crippen molar-refractivity contribution in [3.63, 3.8) is 0 Å². The van der Waals surface area contributed by atoms with Gasteiger partial charge in [-0.3, -0.25) is 9.69 Å². The molecule has 0 aliphatic heterocycles. The van der Waals surface area contributed by atoms with E-state index < -0.39 is 17.3 Å². The Kier molecular flexibility index (Phi) is 9.58. The summed E-state index contributed by atoms with van der Waals surface area (Å²) in [5.74, 6) is 0. The van der Waals surface area contributed by atoms with Crippen LogP contribution in [0.4, 0.5) is 13.2 Å². The van der Waals surface area contributed by atoms with E-state index in [9.17, 15) is 23.1 Å². The molecule has 0 spiro atoms. The van der Waals surface area contributed by atoms with Gasteiger partial charge in [-0.1, -0.05) is 51.9 Å². The third kappa shape index (κ3) is 6.28. The Morgan fingerprint density at radius 1 is 1.03 bits per heavy atom. The van der Waals surface area contributed by atoms with Crippen LogP contribution in [0.25, 0.3) is 21.8 Å². The fourth-order valence-electron chi connectivity index (χ4n) is 6.49. The number of aryl methyl sites for hydroxylation is 2. The molecule has 1 fully saturated rings. The molecule has 210 valence electrons. The fourth-order valence-corrected chi connectivity index (χ4v) is 6.49. The molecule has 38 heavy (non-hydrogen) atoms. The molecule has 1 saturated carbocycles. The number of rotatable bonds is 13. The van der Waals surface area contributed by atoms with Crippen molar-refractivity contribution in [2.24, 2.45) is 0 Å². The maximum atomic E-state index is 13.9. The lowest BCUT2D eigenvalue weighted by Gasteiger charge is -2.26. The zero-order valence-corrected chi connectivity index (χ0v) is 22.8. The number of unbranched alkanes of at least 4 members (excludes halogenated alkanes) is 6. The number of aromatic nitrogens is 2. The van der Waals surface area contributed by atoms with Crippen LogP contribution in [-0.2, 0) is 19.1 Å². The zero-order valence-electron chi connectivity index (χ0n) is 22.8. The van der Waals surface area contributed by atoms with Crippen molar-refractivity contribution in [1.82, 2.24) is 14.5 Å². The van der Waals surface area contributed by atoms with E-state index in [2.05, 4.69) is 14.5 Å². The Labute approximate surface area is 223 Å². The minimum absolute atomic E-state index is 0.0910. The largest absolute Gasteiger partial charge is 0.417 e. The number of hydrogen-bond acceptors (Lipinski definition) is 3. The Morgan fingerprint density at radius 2 is 1.68 bits per heavy atom. The summed E-state index contributed by atoms with van der Waals surface area (Å²) in [6.45, 7) is 5.86. The molecule has 2 aromatic heterocycles. The summed E-state index contributed by atoms with van der Waals surface area (Å²) in [5.41, 5.74) is 1.35. The molecule has 0 saturated heterocycles. The van der Waals surface area contributed by atoms with E-state index in [0.717, 1.165) is 62.0 Å². The van der Waals surface area contributed by atoms with Crippen molar-refractivity contribution in [2.75, 3.05) is 13.3 Å². The standard InChI is InChI=1S/C30H42F3N3O2/c1-3-25-21(2)28-26(16-15-24-29(28)23(30(31,32)33)19-27(38)34-24)36(25)18-12-8-6-4-5-7-11-17-35(20-37)22-13-9-10-14-22/h15-16,19,22,37H,3-14,17-18,20H2,1-2H3,(H,34,38). The van der Waals surface area contributed by atoms with Gasteiger partial charge in [0.15, 0.2) is 0 Å². The topological polar surface area (TPSA) is 61.3 Å². The Balaban J connectivity index is 1.35. The zero-order chi connectivity index (χ0) is 27.3. The highest BCUT2D eigenvalue weighted by Gasteiger charge is 2.34. The molecule has 1 aromatic carbocycles. The number of nitrogens with zero attached hydrogens (tertiary/aromatic N) is 2. The summed E-state index contributed by atoms with van der Waals surface area (Å²) in [7, 11) is 0. The molecule has 1 aliphatic rings. The van der Waals surface area contributed by atoms with Crippen molar-refractivity contribution in [1.29, 1.82) is 0 Å². The molecular formula is C30H42F3N3O2. The second-order valence-corrected chi connectivity index (χ2v) is 10.9. The number of nitrogens with one attached hydrogen (secondary N) is 1. The van der Waals surface area contributed by atoms with Gasteiger partial charge in [-0.05, 0) is 56.7 Å². The minimum Gasteiger partial charge on any atom is -0.381 e. The number of halogens is 3. The molecule has 3 aromatic rings. The number of hydrogen-bond donors (Lipinski definition) is 2. The lowest BCUT2D eigenvalue weighted by atomic mass is 10.0. The Morgan fingerprint density at radius 3 is 2.32 bits per heavy atom. The molecule has 0 amide bonds. The predicted molar refractivity (Wildman–Crippen MR) is 148 cm³/mol. The molecule has 0 unspecified atom stereocenters. The molecular weight excluding hydrogens is 491 g/mol. The van der Waals surface area contributed by atoms with Crippen LogP contribution in [0.5, 0.6) is 0 Å². The van der Waals surface area contributed by atoms with Crippen molar-refractivity contribution in [3.05, 3.63) is 45.4 Å². The third-order valence-corrected chi connectivity index (χ3v) is 8.40. The molecule has 5 nitrogen and oxygen atoms in total. The van der Waals surface area contributed by atoms with Crippen LogP contribution < -0.4 is 5.56 Å². The number of pyridine rings is 1. The van der Waals surface area contributed by atoms with Crippen LogP contribution in [0, 0.1) is 6.92 Å². The summed E-state index contributed by atoms with van der Waals surface area (Å²) in [6.07, 6.45) is 9.03. The van der Waals surface area contributed by atoms with E-state index >= 15 is 0 Å². The number of aromatic amines is 1. The first kappa shape index (κ1) is 28.7. The number of H-pyrrole nitrogens is 1. The molecule has 1 aliphatic carbocycles. The van der Waals surface area contributed by atoms with E-state index in [-0.39, 0.29) is 17.6 Å². The third-order valence-electron chi connectivity index (χ3n) is 8.40. The second-order valence-electron chi connectivity index (χ2n) is 10.9. The smallest absolute Gasteiger partial charge is 0.381 e. The van der Waals surface area contributed by atoms with Crippen molar-refractivity contribution < 1.29 is 18.3 Å². The van der Waals surface area contributed by atoms with Crippen molar-refractivity contribution in [2.45, 2.75) is 110 Å². The van der Waals surface area contributed by atoms with Crippen LogP contribution in [0.2, 0.25) is 0 Å². The number of alkyl halides is 3. The quantitative estimate of drug-likeness (QED) is 0.179. The summed E-state index contributed by atoms with van der Waals surface area (Å²) < 4.78 is 43.9. The molecule has 0 atom stereocenters. The summed E-state index contributed by atoms with van der Waals surface area (Å²) >= 11 is 0. The van der Waals surface area contributed by atoms with E-state index in [1.165, 1.54) is 44.9 Å². The highest BCUT2D eigenvalue weighted by molar-refractivity contribution is 6.09. The predicted octanol–water partition coefficient (Wildman–Crippen LogP) is 7.30. The monoisotopic (exact) mass is 533 g/mol. The van der Waals surface area contributed by atoms with Gasteiger partial charge in [0.2, 0.25) is 5.56 Å². The van der Waals surface area contributed by atoms with E-state index in [0.29, 0.717) is 17.5 Å². The van der Waals surface area contributed by atoms with Gasteiger partial charge in [0.05, 0.1) is 12.3 Å². The molecule has 4 rings (SSSR count). The van der Waals surface area contributed by atoms with Gasteiger partial charge in [-0.25, -0.2) is 0 Å². The Hall–Kier alpha value is -2.32. The van der Waals surface area contributed by atoms with E-state index in [4.69, 9.17) is 0 Å². The molecule has 0 radical (unpaired) electrons. The molecule has 0 bridgehead atoms. The first-order valence-electron chi connectivity index (χ1n) is 14.4. The van der Waals surface area contributed by atoms with Crippen LogP contribution in [0.1, 0.15) is 94.4 Å². The average molecular weight is 534 g/mol. The van der Waals surface area contributed by atoms with Crippen molar-refractivity contribution in [3.8, 4) is 0 Å². The lowest BCUT2D eigenvalue weighted by molar-refractivity contribution is -0.136. The number of aliphatic hydroxyl groups excluding tert-OH is 1. The number of benzene rings is 1. The highest BCUT2D eigenvalue weighted by Crippen LogP contribution is 2.39. The van der Waals surface area contributed by atoms with Gasteiger partial charge in [-0.15, -0.1) is 0 Å². The van der Waals surface area contributed by atoms with Crippen LogP contribution >= 0.6 is 0 Å². The lowest BCUT2D eigenvalue weighted by Crippen LogP contribution is -2.34. The fraction of sp³-hybridized carbons (Fsp3) is 0.633. The van der Waals surface area contributed by atoms with Gasteiger partial charge >= 0.3 is 6.18 Å². The van der Waals surface area contributed by atoms with Crippen LogP contribution in [0.3, 0.4) is 0 Å². The molecule has 2 N–H and O–H groups in total. The summed E-state index contributed by atoms with van der Waals surface area (Å²) in [5, 5.41) is 10.3. The van der Waals surface area contributed by atoms with Gasteiger partial charge < -0.3 is 14.7 Å². The van der Waals surface area contributed by atoms with Gasteiger partial charge in [0.25, 0.3) is 0 Å². The van der Waals surface area contributed by atoms with Gasteiger partial charge in [0.1, 0.15) is 0 Å². The maximum Gasteiger partial charge on any atom is 0.417 e. The van der Waals surface area contributed by atoms with Gasteiger partial charge in [-0.2, -0.15) is 13.2 Å². The maximum absolute atomic E-state index is 13.9. The summed E-state index contributed by atoms with van der Waals surface area (Å²) in [4.78, 5) is 16.7. The van der Waals surface area contributed by atoms with Crippen molar-refractivity contribution >= 4 is 21.8 Å². The van der Waals surface area contributed by atoms with E-state index in [1.807, 2.05) is 19.9 Å². The Bertz CT molecular complexity index is 1270. The van der Waals surface area contributed by atoms with E-state index in [1.54, 1.807) is 6.07 Å². The van der Waals surface area contributed by atoms with Gasteiger partial charge in [0, 0.05) is 52.7 Å². The first-order valence-corrected chi connectivity index (χ1v) is 14.4. The number of aliphatic hydroxyl groups is 1. The molecule has 2 heterocycles. The molecule has 8 heteroatoms. The normalized spacial score (nSPS) is 15.0. The second kappa shape index (κ2) is 12.7.